The van der Waals surface area contributed by atoms with E-state index in [1.807, 2.05) is 6.07 Å². The Balaban J connectivity index is 1.46. The third kappa shape index (κ3) is 2.98. The zero-order valence-electron chi connectivity index (χ0n) is 15.8. The summed E-state index contributed by atoms with van der Waals surface area (Å²) >= 11 is 0. The molecule has 144 valence electrons. The molecule has 0 aromatic carbocycles. The zero-order chi connectivity index (χ0) is 19.1. The molecule has 1 saturated heterocycles. The minimum Gasteiger partial charge on any atom is -0.377 e. The van der Waals surface area contributed by atoms with Crippen molar-refractivity contribution in [1.82, 2.24) is 14.8 Å². The molecular formula is C21H23N5O2. The molecule has 28 heavy (non-hydrogen) atoms. The van der Waals surface area contributed by atoms with E-state index in [1.54, 1.807) is 10.7 Å². The van der Waals surface area contributed by atoms with Crippen molar-refractivity contribution in [3.63, 3.8) is 0 Å². The van der Waals surface area contributed by atoms with E-state index in [-0.39, 0.29) is 17.6 Å². The number of rotatable bonds is 3. The van der Waals surface area contributed by atoms with Gasteiger partial charge in [-0.2, -0.15) is 10.4 Å². The number of anilines is 1. The molecule has 0 saturated carbocycles. The highest BCUT2D eigenvalue weighted by Gasteiger charge is 2.33. The molecule has 0 amide bonds. The topological polar surface area (TPSA) is 92.8 Å². The Morgan fingerprint density at radius 1 is 1.07 bits per heavy atom. The number of hydrogen-bond acceptors (Lipinski definition) is 6. The number of nitrogens with one attached hydrogen (secondary N) is 1. The maximum absolute atomic E-state index is 12.6. The van der Waals surface area contributed by atoms with Crippen LogP contribution >= 0.6 is 0 Å². The van der Waals surface area contributed by atoms with E-state index in [0.29, 0.717) is 24.6 Å². The Bertz CT molecular complexity index is 1020. The molecule has 2 unspecified atom stereocenters. The molecule has 2 aliphatic carbocycles. The summed E-state index contributed by atoms with van der Waals surface area (Å²) in [4.78, 5) is 17.4. The van der Waals surface area contributed by atoms with Crippen LogP contribution in [0, 0.1) is 11.3 Å². The van der Waals surface area contributed by atoms with Crippen LogP contribution in [-0.2, 0) is 30.4 Å². The molecule has 3 heterocycles. The predicted octanol–water partition coefficient (Wildman–Crippen LogP) is 1.93. The van der Waals surface area contributed by atoms with E-state index in [4.69, 9.17) is 9.72 Å². The van der Waals surface area contributed by atoms with Gasteiger partial charge >= 0.3 is 0 Å². The van der Waals surface area contributed by atoms with Gasteiger partial charge in [-0.3, -0.25) is 4.79 Å². The smallest absolute Gasteiger partial charge is 0.267 e. The lowest BCUT2D eigenvalue weighted by Gasteiger charge is -2.23. The van der Waals surface area contributed by atoms with Gasteiger partial charge in [0, 0.05) is 11.8 Å². The summed E-state index contributed by atoms with van der Waals surface area (Å²) in [7, 11) is 0. The van der Waals surface area contributed by atoms with Crippen LogP contribution in [0.15, 0.2) is 16.9 Å². The number of fused-ring (bicyclic) bond motifs is 2. The Kier molecular flexibility index (Phi) is 4.36. The lowest BCUT2D eigenvalue weighted by molar-refractivity contribution is 0.182. The second-order valence-electron chi connectivity index (χ2n) is 7.92. The van der Waals surface area contributed by atoms with E-state index in [0.717, 1.165) is 61.9 Å². The molecule has 2 aromatic heterocycles. The minimum absolute atomic E-state index is 0.0816. The maximum atomic E-state index is 12.6. The molecule has 1 fully saturated rings. The van der Waals surface area contributed by atoms with Gasteiger partial charge in [0.15, 0.2) is 0 Å². The summed E-state index contributed by atoms with van der Waals surface area (Å²) in [6, 6.07) is 5.61. The second kappa shape index (κ2) is 7.02. The highest BCUT2D eigenvalue weighted by molar-refractivity contribution is 5.55. The molecular weight excluding hydrogens is 354 g/mol. The average Bonchev–Trinajstić information content (AvgIpc) is 3.35. The molecule has 2 atom stereocenters. The zero-order valence-corrected chi connectivity index (χ0v) is 15.8. The van der Waals surface area contributed by atoms with Crippen molar-refractivity contribution >= 4 is 5.82 Å². The molecule has 0 radical (unpaired) electrons. The molecule has 0 spiro atoms. The quantitative estimate of drug-likeness (QED) is 0.879. The molecule has 2 aromatic rings. The van der Waals surface area contributed by atoms with Crippen LogP contribution < -0.4 is 10.9 Å². The highest BCUT2D eigenvalue weighted by Crippen LogP contribution is 2.28. The summed E-state index contributed by atoms with van der Waals surface area (Å²) in [5.41, 5.74) is 4.84. The van der Waals surface area contributed by atoms with Gasteiger partial charge < -0.3 is 10.1 Å². The van der Waals surface area contributed by atoms with Crippen LogP contribution in [0.1, 0.15) is 53.4 Å². The summed E-state index contributed by atoms with van der Waals surface area (Å²) in [6.45, 7) is 0.885. The first-order valence-electron chi connectivity index (χ1n) is 10.1. The lowest BCUT2D eigenvalue weighted by Crippen LogP contribution is -2.38. The molecule has 5 rings (SSSR count). The Morgan fingerprint density at radius 3 is 2.75 bits per heavy atom. The van der Waals surface area contributed by atoms with Gasteiger partial charge in [0.25, 0.3) is 5.56 Å². The first-order chi connectivity index (χ1) is 13.7. The van der Waals surface area contributed by atoms with E-state index < -0.39 is 0 Å². The standard InChI is InChI=1S/C21H23N5O2/c22-10-15-8-13-4-1-2-6-16(13)23-21(15)24-18-11-28-12-19(18)26-20(27)9-14-5-3-7-17(14)25-26/h8-9,18-19H,1-7,11-12H2,(H,23,24). The monoisotopic (exact) mass is 377 g/mol. The molecule has 7 heteroatoms. The normalized spacial score (nSPS) is 23.1. The molecule has 3 aliphatic rings. The largest absolute Gasteiger partial charge is 0.377 e. The van der Waals surface area contributed by atoms with Gasteiger partial charge in [0.2, 0.25) is 0 Å². The van der Waals surface area contributed by atoms with Crippen LogP contribution in [0.2, 0.25) is 0 Å². The van der Waals surface area contributed by atoms with Gasteiger partial charge in [-0.15, -0.1) is 0 Å². The molecule has 0 bridgehead atoms. The average molecular weight is 377 g/mol. The number of aryl methyl sites for hydroxylation is 4. The summed E-state index contributed by atoms with van der Waals surface area (Å²) < 4.78 is 7.25. The first-order valence-corrected chi connectivity index (χ1v) is 10.1. The number of pyridine rings is 1. The van der Waals surface area contributed by atoms with Crippen LogP contribution in [0.5, 0.6) is 0 Å². The van der Waals surface area contributed by atoms with E-state index in [9.17, 15) is 10.1 Å². The van der Waals surface area contributed by atoms with Crippen molar-refractivity contribution in [2.75, 3.05) is 18.5 Å². The molecule has 1 N–H and O–H groups in total. The van der Waals surface area contributed by atoms with Gasteiger partial charge in [-0.1, -0.05) is 0 Å². The van der Waals surface area contributed by atoms with Crippen LogP contribution in [0.25, 0.3) is 0 Å². The number of ether oxygens (including phenoxy) is 1. The molecule has 1 aliphatic heterocycles. The Hall–Kier alpha value is -2.72. The van der Waals surface area contributed by atoms with Gasteiger partial charge in [-0.05, 0) is 62.1 Å². The van der Waals surface area contributed by atoms with Crippen LogP contribution in [0.3, 0.4) is 0 Å². The Morgan fingerprint density at radius 2 is 1.86 bits per heavy atom. The number of nitriles is 1. The highest BCUT2D eigenvalue weighted by atomic mass is 16.5. The number of hydrogen-bond donors (Lipinski definition) is 1. The van der Waals surface area contributed by atoms with E-state index in [1.165, 1.54) is 5.56 Å². The third-order valence-electron chi connectivity index (χ3n) is 6.09. The summed E-state index contributed by atoms with van der Waals surface area (Å²) in [5.74, 6) is 0.595. The van der Waals surface area contributed by atoms with Gasteiger partial charge in [0.1, 0.15) is 17.9 Å². The fraction of sp³-hybridized carbons (Fsp3) is 0.524. The van der Waals surface area contributed by atoms with E-state index in [2.05, 4.69) is 16.5 Å². The summed E-state index contributed by atoms with van der Waals surface area (Å²) in [6.07, 6.45) is 7.14. The SMILES string of the molecule is N#Cc1cc2c(nc1NC1COCC1n1nc3c(cc1=O)CCC3)CCCC2. The van der Waals surface area contributed by atoms with Crippen molar-refractivity contribution in [1.29, 1.82) is 5.26 Å². The fourth-order valence-corrected chi connectivity index (χ4v) is 4.58. The first kappa shape index (κ1) is 17.4. The second-order valence-corrected chi connectivity index (χ2v) is 7.92. The van der Waals surface area contributed by atoms with Crippen molar-refractivity contribution < 1.29 is 4.74 Å². The number of aromatic nitrogens is 3. The number of nitrogens with zero attached hydrogens (tertiary/aromatic N) is 4. The van der Waals surface area contributed by atoms with Crippen LogP contribution in [0.4, 0.5) is 5.82 Å². The van der Waals surface area contributed by atoms with E-state index >= 15 is 0 Å². The van der Waals surface area contributed by atoms with Gasteiger partial charge in [-0.25, -0.2) is 9.67 Å². The maximum Gasteiger partial charge on any atom is 0.267 e. The minimum atomic E-state index is -0.206. The van der Waals surface area contributed by atoms with Crippen molar-refractivity contribution in [2.24, 2.45) is 0 Å². The fourth-order valence-electron chi connectivity index (χ4n) is 4.58. The summed E-state index contributed by atoms with van der Waals surface area (Å²) in [5, 5.41) is 17.6. The van der Waals surface area contributed by atoms with Crippen molar-refractivity contribution in [3.05, 3.63) is 50.6 Å². The molecule has 7 nitrogen and oxygen atoms in total. The third-order valence-corrected chi connectivity index (χ3v) is 6.09. The van der Waals surface area contributed by atoms with Crippen molar-refractivity contribution in [3.8, 4) is 6.07 Å². The van der Waals surface area contributed by atoms with Crippen molar-refractivity contribution in [2.45, 2.75) is 57.0 Å². The van der Waals surface area contributed by atoms with Gasteiger partial charge in [0.05, 0.1) is 30.5 Å². The lowest BCUT2D eigenvalue weighted by atomic mass is 9.95. The Labute approximate surface area is 163 Å². The predicted molar refractivity (Wildman–Crippen MR) is 103 cm³/mol. The van der Waals surface area contributed by atoms with Crippen LogP contribution in [-0.4, -0.2) is 34.0 Å².